The number of ether oxygens (including phenoxy) is 2. The third-order valence-corrected chi connectivity index (χ3v) is 3.98. The molecule has 0 unspecified atom stereocenters. The maximum atomic E-state index is 11.5. The summed E-state index contributed by atoms with van der Waals surface area (Å²) < 4.78 is 10.8. The van der Waals surface area contributed by atoms with Crippen LogP contribution in [0.4, 0.5) is 0 Å². The molecule has 3 nitrogen and oxygen atoms in total. The van der Waals surface area contributed by atoms with Crippen molar-refractivity contribution >= 4 is 5.97 Å². The average Bonchev–Trinajstić information content (AvgIpc) is 2.44. The van der Waals surface area contributed by atoms with Gasteiger partial charge in [0.2, 0.25) is 0 Å². The Morgan fingerprint density at radius 3 is 2.25 bits per heavy atom. The first kappa shape index (κ1) is 15.0. The normalized spacial score (nSPS) is 22.6. The maximum Gasteiger partial charge on any atom is 0.308 e. The Morgan fingerprint density at radius 1 is 1.10 bits per heavy atom. The maximum absolute atomic E-state index is 11.5. The third kappa shape index (κ3) is 4.07. The van der Waals surface area contributed by atoms with E-state index >= 15 is 0 Å². The molecule has 1 fully saturated rings. The van der Waals surface area contributed by atoms with Crippen molar-refractivity contribution in [3.8, 4) is 0 Å². The van der Waals surface area contributed by atoms with E-state index in [0.29, 0.717) is 6.61 Å². The van der Waals surface area contributed by atoms with Gasteiger partial charge in [-0.15, -0.1) is 0 Å². The highest BCUT2D eigenvalue weighted by Crippen LogP contribution is 2.27. The lowest BCUT2D eigenvalue weighted by atomic mass is 9.87. The number of benzene rings is 1. The lowest BCUT2D eigenvalue weighted by Gasteiger charge is -2.27. The van der Waals surface area contributed by atoms with Gasteiger partial charge in [-0.3, -0.25) is 4.79 Å². The SMILES string of the molecule is COC(=O)C1CCC(OCc2cc(C)cc(C)c2)CC1. The van der Waals surface area contributed by atoms with Crippen LogP contribution in [0.15, 0.2) is 18.2 Å². The summed E-state index contributed by atoms with van der Waals surface area (Å²) in [5.74, 6) is -0.00109. The largest absolute Gasteiger partial charge is 0.469 e. The second kappa shape index (κ2) is 6.89. The number of aryl methyl sites for hydroxylation is 2. The van der Waals surface area contributed by atoms with Crippen LogP contribution in [0.1, 0.15) is 42.4 Å². The monoisotopic (exact) mass is 276 g/mol. The quantitative estimate of drug-likeness (QED) is 0.789. The molecule has 0 amide bonds. The number of rotatable bonds is 4. The zero-order valence-electron chi connectivity index (χ0n) is 12.6. The zero-order chi connectivity index (χ0) is 14.5. The molecule has 0 spiro atoms. The van der Waals surface area contributed by atoms with E-state index in [2.05, 4.69) is 32.0 Å². The van der Waals surface area contributed by atoms with Crippen LogP contribution in [0.25, 0.3) is 0 Å². The van der Waals surface area contributed by atoms with Gasteiger partial charge in [-0.05, 0) is 45.1 Å². The standard InChI is InChI=1S/C17H24O3/c1-12-8-13(2)10-14(9-12)11-20-16-6-4-15(5-7-16)17(18)19-3/h8-10,15-16H,4-7,11H2,1-3H3. The first-order valence-corrected chi connectivity index (χ1v) is 7.35. The highest BCUT2D eigenvalue weighted by molar-refractivity contribution is 5.72. The van der Waals surface area contributed by atoms with E-state index in [1.54, 1.807) is 0 Å². The smallest absolute Gasteiger partial charge is 0.308 e. The Hall–Kier alpha value is -1.35. The van der Waals surface area contributed by atoms with Gasteiger partial charge in [0.25, 0.3) is 0 Å². The summed E-state index contributed by atoms with van der Waals surface area (Å²) in [6, 6.07) is 6.52. The Morgan fingerprint density at radius 2 is 1.70 bits per heavy atom. The summed E-state index contributed by atoms with van der Waals surface area (Å²) in [4.78, 5) is 11.5. The third-order valence-electron chi connectivity index (χ3n) is 3.98. The molecule has 3 heteroatoms. The number of carbonyl (C=O) groups is 1. The molecular formula is C17H24O3. The van der Waals surface area contributed by atoms with E-state index in [1.165, 1.54) is 23.8 Å². The van der Waals surface area contributed by atoms with Crippen molar-refractivity contribution < 1.29 is 14.3 Å². The van der Waals surface area contributed by atoms with Gasteiger partial charge in [-0.1, -0.05) is 29.3 Å². The topological polar surface area (TPSA) is 35.5 Å². The molecule has 20 heavy (non-hydrogen) atoms. The van der Waals surface area contributed by atoms with Crippen LogP contribution >= 0.6 is 0 Å². The zero-order valence-corrected chi connectivity index (χ0v) is 12.6. The fourth-order valence-electron chi connectivity index (χ4n) is 3.00. The minimum Gasteiger partial charge on any atom is -0.469 e. The molecule has 110 valence electrons. The second-order valence-electron chi connectivity index (χ2n) is 5.80. The number of esters is 1. The lowest BCUT2D eigenvalue weighted by molar-refractivity contribution is -0.147. The molecule has 0 heterocycles. The number of methoxy groups -OCH3 is 1. The van der Waals surface area contributed by atoms with Crippen molar-refractivity contribution in [1.82, 2.24) is 0 Å². The molecule has 1 aromatic carbocycles. The number of hydrogen-bond acceptors (Lipinski definition) is 3. The molecule has 0 N–H and O–H groups in total. The minimum atomic E-state index is -0.0715. The highest BCUT2D eigenvalue weighted by Gasteiger charge is 2.27. The predicted molar refractivity (Wildman–Crippen MR) is 78.5 cm³/mol. The van der Waals surface area contributed by atoms with E-state index < -0.39 is 0 Å². The summed E-state index contributed by atoms with van der Waals surface area (Å²) in [6.45, 7) is 4.88. The molecule has 1 aliphatic rings. The van der Waals surface area contributed by atoms with Crippen molar-refractivity contribution in [3.05, 3.63) is 34.9 Å². The van der Waals surface area contributed by atoms with E-state index in [9.17, 15) is 4.79 Å². The Bertz CT molecular complexity index is 439. The van der Waals surface area contributed by atoms with Crippen molar-refractivity contribution in [2.24, 2.45) is 5.92 Å². The minimum absolute atomic E-state index is 0.0704. The fourth-order valence-corrected chi connectivity index (χ4v) is 3.00. The molecule has 0 aromatic heterocycles. The van der Waals surface area contributed by atoms with Crippen LogP contribution in [-0.4, -0.2) is 19.2 Å². The Kier molecular flexibility index (Phi) is 5.18. The van der Waals surface area contributed by atoms with Crippen molar-refractivity contribution in [2.45, 2.75) is 52.2 Å². The van der Waals surface area contributed by atoms with Gasteiger partial charge in [0.05, 0.1) is 25.7 Å². The number of carbonyl (C=O) groups excluding carboxylic acids is 1. The molecule has 1 aromatic rings. The van der Waals surface area contributed by atoms with Crippen molar-refractivity contribution in [2.75, 3.05) is 7.11 Å². The molecule has 0 radical (unpaired) electrons. The van der Waals surface area contributed by atoms with E-state index in [-0.39, 0.29) is 18.0 Å². The molecule has 0 atom stereocenters. The van der Waals surface area contributed by atoms with Crippen LogP contribution in [0.2, 0.25) is 0 Å². The van der Waals surface area contributed by atoms with Gasteiger partial charge in [0.1, 0.15) is 0 Å². The summed E-state index contributed by atoms with van der Waals surface area (Å²) in [6.07, 6.45) is 3.93. The lowest BCUT2D eigenvalue weighted by Crippen LogP contribution is -2.26. The second-order valence-corrected chi connectivity index (χ2v) is 5.80. The average molecular weight is 276 g/mol. The molecule has 1 aliphatic carbocycles. The molecule has 1 saturated carbocycles. The van der Waals surface area contributed by atoms with Gasteiger partial charge >= 0.3 is 5.97 Å². The van der Waals surface area contributed by atoms with E-state index in [4.69, 9.17) is 9.47 Å². The first-order valence-electron chi connectivity index (χ1n) is 7.35. The van der Waals surface area contributed by atoms with Crippen LogP contribution in [0.5, 0.6) is 0 Å². The van der Waals surface area contributed by atoms with Gasteiger partial charge in [0.15, 0.2) is 0 Å². The molecule has 0 aliphatic heterocycles. The van der Waals surface area contributed by atoms with Gasteiger partial charge in [0, 0.05) is 0 Å². The molecule has 0 saturated heterocycles. The van der Waals surface area contributed by atoms with Gasteiger partial charge in [-0.2, -0.15) is 0 Å². The van der Waals surface area contributed by atoms with Crippen LogP contribution in [0, 0.1) is 19.8 Å². The predicted octanol–water partition coefficient (Wildman–Crippen LogP) is 3.55. The van der Waals surface area contributed by atoms with Crippen LogP contribution in [-0.2, 0) is 20.9 Å². The Labute approximate surface area is 121 Å². The summed E-state index contributed by atoms with van der Waals surface area (Å²) in [5, 5.41) is 0. The van der Waals surface area contributed by atoms with Crippen molar-refractivity contribution in [3.63, 3.8) is 0 Å². The van der Waals surface area contributed by atoms with Crippen LogP contribution in [0.3, 0.4) is 0 Å². The number of hydrogen-bond donors (Lipinski definition) is 0. The molecule has 2 rings (SSSR count). The van der Waals surface area contributed by atoms with E-state index in [0.717, 1.165) is 25.7 Å². The summed E-state index contributed by atoms with van der Waals surface area (Å²) in [7, 11) is 1.46. The van der Waals surface area contributed by atoms with E-state index in [1.807, 2.05) is 0 Å². The van der Waals surface area contributed by atoms with Gasteiger partial charge < -0.3 is 9.47 Å². The van der Waals surface area contributed by atoms with Gasteiger partial charge in [-0.25, -0.2) is 0 Å². The van der Waals surface area contributed by atoms with Crippen LogP contribution < -0.4 is 0 Å². The Balaban J connectivity index is 1.80. The molecular weight excluding hydrogens is 252 g/mol. The van der Waals surface area contributed by atoms with Crippen molar-refractivity contribution in [1.29, 1.82) is 0 Å². The summed E-state index contributed by atoms with van der Waals surface area (Å²) in [5.41, 5.74) is 3.79. The first-order chi connectivity index (χ1) is 9.58. The fraction of sp³-hybridized carbons (Fsp3) is 0.588. The highest BCUT2D eigenvalue weighted by atomic mass is 16.5. The molecule has 0 bridgehead atoms. The summed E-state index contributed by atoms with van der Waals surface area (Å²) >= 11 is 0.